The van der Waals surface area contributed by atoms with Crippen molar-refractivity contribution < 1.29 is 9.50 Å². The van der Waals surface area contributed by atoms with E-state index in [4.69, 9.17) is 5.10 Å². The van der Waals surface area contributed by atoms with E-state index in [2.05, 4.69) is 22.0 Å². The molecule has 0 spiro atoms. The summed E-state index contributed by atoms with van der Waals surface area (Å²) in [6.07, 6.45) is 2.82. The minimum absolute atomic E-state index is 0.124. The van der Waals surface area contributed by atoms with E-state index < -0.39 is 0 Å². The molecule has 0 fully saturated rings. The van der Waals surface area contributed by atoms with Crippen LogP contribution in [0.3, 0.4) is 0 Å². The SMILES string of the molecule is CCc1c(Cc2cc(-n3nc(C)cc3CO)ncn2)nn(C)c1-c1ccc(F)cc1. The van der Waals surface area contributed by atoms with Gasteiger partial charge in [-0.05, 0) is 43.7 Å². The van der Waals surface area contributed by atoms with Gasteiger partial charge in [0, 0.05) is 30.7 Å². The van der Waals surface area contributed by atoms with Crippen LogP contribution in [-0.2, 0) is 26.5 Å². The molecule has 3 heterocycles. The van der Waals surface area contributed by atoms with Gasteiger partial charge in [-0.15, -0.1) is 0 Å². The Bertz CT molecular complexity index is 1180. The highest BCUT2D eigenvalue weighted by atomic mass is 19.1. The highest BCUT2D eigenvalue weighted by molar-refractivity contribution is 5.65. The maximum atomic E-state index is 13.4. The summed E-state index contributed by atoms with van der Waals surface area (Å²) in [5.74, 6) is 0.341. The van der Waals surface area contributed by atoms with Gasteiger partial charge in [0.1, 0.15) is 12.1 Å². The standard InChI is InChI=1S/C22H23FN6O/c1-4-19-20(27-28(3)22(19)15-5-7-16(23)8-6-15)10-17-11-21(25-13-24-17)29-18(12-30)9-14(2)26-29/h5-9,11,13,30H,4,10,12H2,1-3H3. The molecule has 0 saturated heterocycles. The van der Waals surface area contributed by atoms with Crippen LogP contribution in [0.4, 0.5) is 4.39 Å². The maximum Gasteiger partial charge on any atom is 0.157 e. The largest absolute Gasteiger partial charge is 0.390 e. The zero-order chi connectivity index (χ0) is 21.3. The van der Waals surface area contributed by atoms with Gasteiger partial charge in [0.25, 0.3) is 0 Å². The topological polar surface area (TPSA) is 81.7 Å². The Balaban J connectivity index is 1.70. The summed E-state index contributed by atoms with van der Waals surface area (Å²) in [7, 11) is 1.90. The second kappa shape index (κ2) is 8.16. The molecule has 8 heteroatoms. The minimum Gasteiger partial charge on any atom is -0.390 e. The highest BCUT2D eigenvalue weighted by Gasteiger charge is 2.18. The predicted octanol–water partition coefficient (Wildman–Crippen LogP) is 3.16. The lowest BCUT2D eigenvalue weighted by Gasteiger charge is -2.07. The summed E-state index contributed by atoms with van der Waals surface area (Å²) in [5.41, 5.74) is 6.21. The molecule has 4 rings (SSSR count). The smallest absolute Gasteiger partial charge is 0.157 e. The molecule has 0 atom stereocenters. The number of nitrogens with zero attached hydrogens (tertiary/aromatic N) is 6. The molecular weight excluding hydrogens is 383 g/mol. The van der Waals surface area contributed by atoms with E-state index in [1.54, 1.807) is 16.8 Å². The number of aryl methyl sites for hydroxylation is 2. The molecule has 1 aromatic carbocycles. The van der Waals surface area contributed by atoms with E-state index in [-0.39, 0.29) is 12.4 Å². The van der Waals surface area contributed by atoms with Crippen LogP contribution >= 0.6 is 0 Å². The van der Waals surface area contributed by atoms with Crippen LogP contribution in [0.5, 0.6) is 0 Å². The van der Waals surface area contributed by atoms with Crippen molar-refractivity contribution in [3.05, 3.63) is 76.9 Å². The molecule has 0 radical (unpaired) electrons. The number of benzene rings is 1. The molecular formula is C22H23FN6O. The Morgan fingerprint density at radius 1 is 1.07 bits per heavy atom. The van der Waals surface area contributed by atoms with Crippen molar-refractivity contribution in [1.29, 1.82) is 0 Å². The summed E-state index contributed by atoms with van der Waals surface area (Å²) in [6, 6.07) is 10.1. The molecule has 0 unspecified atom stereocenters. The van der Waals surface area contributed by atoms with Crippen molar-refractivity contribution >= 4 is 0 Å². The highest BCUT2D eigenvalue weighted by Crippen LogP contribution is 2.28. The predicted molar refractivity (Wildman–Crippen MR) is 111 cm³/mol. The maximum absolute atomic E-state index is 13.4. The zero-order valence-electron chi connectivity index (χ0n) is 17.2. The first-order valence-corrected chi connectivity index (χ1v) is 9.78. The van der Waals surface area contributed by atoms with E-state index >= 15 is 0 Å². The lowest BCUT2D eigenvalue weighted by atomic mass is 10.0. The van der Waals surface area contributed by atoms with E-state index in [1.807, 2.05) is 30.8 Å². The second-order valence-corrected chi connectivity index (χ2v) is 7.15. The van der Waals surface area contributed by atoms with Crippen LogP contribution in [0.25, 0.3) is 17.1 Å². The third-order valence-electron chi connectivity index (χ3n) is 5.04. The van der Waals surface area contributed by atoms with Gasteiger partial charge in [-0.3, -0.25) is 4.68 Å². The van der Waals surface area contributed by atoms with Gasteiger partial charge in [0.05, 0.1) is 35.1 Å². The third kappa shape index (κ3) is 3.73. The minimum atomic E-state index is -0.260. The van der Waals surface area contributed by atoms with Crippen molar-refractivity contribution in [2.45, 2.75) is 33.3 Å². The summed E-state index contributed by atoms with van der Waals surface area (Å²) in [4.78, 5) is 8.72. The molecule has 0 aliphatic rings. The fourth-order valence-corrected chi connectivity index (χ4v) is 3.74. The number of aromatic nitrogens is 6. The average molecular weight is 406 g/mol. The second-order valence-electron chi connectivity index (χ2n) is 7.15. The molecule has 30 heavy (non-hydrogen) atoms. The van der Waals surface area contributed by atoms with E-state index in [1.165, 1.54) is 18.5 Å². The average Bonchev–Trinajstić information content (AvgIpc) is 3.27. The number of halogens is 1. The third-order valence-corrected chi connectivity index (χ3v) is 5.04. The quantitative estimate of drug-likeness (QED) is 0.532. The van der Waals surface area contributed by atoms with E-state index in [9.17, 15) is 9.50 Å². The van der Waals surface area contributed by atoms with Gasteiger partial charge in [-0.2, -0.15) is 10.2 Å². The first-order chi connectivity index (χ1) is 14.5. The van der Waals surface area contributed by atoms with Crippen molar-refractivity contribution in [1.82, 2.24) is 29.5 Å². The number of rotatable bonds is 6. The number of hydrogen-bond donors (Lipinski definition) is 1. The molecule has 0 aliphatic carbocycles. The normalized spacial score (nSPS) is 11.2. The van der Waals surface area contributed by atoms with E-state index in [0.717, 1.165) is 40.3 Å². The summed E-state index contributed by atoms with van der Waals surface area (Å²) >= 11 is 0. The van der Waals surface area contributed by atoms with Gasteiger partial charge in [-0.25, -0.2) is 19.0 Å². The van der Waals surface area contributed by atoms with Crippen LogP contribution in [0.1, 0.15) is 35.3 Å². The monoisotopic (exact) mass is 406 g/mol. The lowest BCUT2D eigenvalue weighted by molar-refractivity contribution is 0.273. The molecule has 4 aromatic rings. The van der Waals surface area contributed by atoms with Crippen molar-refractivity contribution in [2.75, 3.05) is 0 Å². The van der Waals surface area contributed by atoms with Crippen molar-refractivity contribution in [3.63, 3.8) is 0 Å². The fraction of sp³-hybridized carbons (Fsp3) is 0.273. The molecule has 0 saturated carbocycles. The summed E-state index contributed by atoms with van der Waals surface area (Å²) in [6.45, 7) is 3.83. The van der Waals surface area contributed by atoms with Crippen LogP contribution in [0, 0.1) is 12.7 Å². The first kappa shape index (κ1) is 19.9. The fourth-order valence-electron chi connectivity index (χ4n) is 3.74. The zero-order valence-corrected chi connectivity index (χ0v) is 17.2. The molecule has 7 nitrogen and oxygen atoms in total. The van der Waals surface area contributed by atoms with Crippen LogP contribution in [0.15, 0.2) is 42.7 Å². The van der Waals surface area contributed by atoms with Crippen LogP contribution in [-0.4, -0.2) is 34.6 Å². The van der Waals surface area contributed by atoms with Gasteiger partial charge in [0.2, 0.25) is 0 Å². The Kier molecular flexibility index (Phi) is 5.41. The Labute approximate surface area is 173 Å². The molecule has 0 bridgehead atoms. The molecule has 0 amide bonds. The first-order valence-electron chi connectivity index (χ1n) is 9.78. The lowest BCUT2D eigenvalue weighted by Crippen LogP contribution is -2.07. The number of hydrogen-bond acceptors (Lipinski definition) is 5. The summed E-state index contributed by atoms with van der Waals surface area (Å²) in [5, 5.41) is 18.7. The number of aliphatic hydroxyl groups excluding tert-OH is 1. The van der Waals surface area contributed by atoms with E-state index in [0.29, 0.717) is 17.9 Å². The van der Waals surface area contributed by atoms with Crippen LogP contribution in [0.2, 0.25) is 0 Å². The van der Waals surface area contributed by atoms with Crippen LogP contribution < -0.4 is 0 Å². The van der Waals surface area contributed by atoms with Gasteiger partial charge >= 0.3 is 0 Å². The number of aliphatic hydroxyl groups is 1. The Morgan fingerprint density at radius 3 is 2.53 bits per heavy atom. The van der Waals surface area contributed by atoms with Gasteiger partial charge < -0.3 is 5.11 Å². The molecule has 0 aliphatic heterocycles. The molecule has 154 valence electrons. The van der Waals surface area contributed by atoms with Crippen molar-refractivity contribution in [3.8, 4) is 17.1 Å². The van der Waals surface area contributed by atoms with Gasteiger partial charge in [-0.1, -0.05) is 6.92 Å². The van der Waals surface area contributed by atoms with Gasteiger partial charge in [0.15, 0.2) is 5.82 Å². The molecule has 3 aromatic heterocycles. The molecule has 1 N–H and O–H groups in total. The Hall–Kier alpha value is -3.39. The van der Waals surface area contributed by atoms with Crippen molar-refractivity contribution in [2.24, 2.45) is 7.05 Å². The Morgan fingerprint density at radius 2 is 1.83 bits per heavy atom. The summed E-state index contributed by atoms with van der Waals surface area (Å²) < 4.78 is 16.8.